The normalized spacial score (nSPS) is 32.9. The Bertz CT molecular complexity index is 386. The smallest absolute Gasteiger partial charge is 0.191 e. The third-order valence-electron chi connectivity index (χ3n) is 6.17. The highest BCUT2D eigenvalue weighted by molar-refractivity contribution is 6.74. The van der Waals surface area contributed by atoms with E-state index in [-0.39, 0.29) is 10.5 Å². The highest BCUT2D eigenvalue weighted by Gasteiger charge is 2.53. The summed E-state index contributed by atoms with van der Waals surface area (Å²) in [5.41, 5.74) is 0.298. The van der Waals surface area contributed by atoms with E-state index in [2.05, 4.69) is 53.8 Å². The van der Waals surface area contributed by atoms with E-state index in [0.29, 0.717) is 5.92 Å². The highest BCUT2D eigenvalue weighted by Crippen LogP contribution is 2.53. The van der Waals surface area contributed by atoms with Gasteiger partial charge in [-0.25, -0.2) is 0 Å². The predicted molar refractivity (Wildman–Crippen MR) is 89.4 cm³/mol. The molecule has 1 saturated carbocycles. The molecule has 2 nitrogen and oxygen atoms in total. The van der Waals surface area contributed by atoms with Crippen LogP contribution in [-0.4, -0.2) is 25.6 Å². The van der Waals surface area contributed by atoms with Crippen LogP contribution in [0.15, 0.2) is 11.6 Å². The lowest BCUT2D eigenvalue weighted by atomic mass is 9.73. The van der Waals surface area contributed by atoms with Gasteiger partial charge in [0.05, 0.1) is 5.60 Å². The molecule has 0 radical (unpaired) electrons. The maximum atomic E-state index is 10.8. The van der Waals surface area contributed by atoms with Crippen molar-refractivity contribution in [1.29, 1.82) is 0 Å². The summed E-state index contributed by atoms with van der Waals surface area (Å²) in [6, 6.07) is 0. The van der Waals surface area contributed by atoms with Crippen molar-refractivity contribution in [1.82, 2.24) is 0 Å². The molecule has 0 aromatic carbocycles. The van der Waals surface area contributed by atoms with Crippen molar-refractivity contribution in [2.75, 3.05) is 6.61 Å². The van der Waals surface area contributed by atoms with Crippen LogP contribution in [0.2, 0.25) is 18.1 Å². The quantitative estimate of drug-likeness (QED) is 0.602. The number of hydrogen-bond donors (Lipinski definition) is 1. The van der Waals surface area contributed by atoms with E-state index in [9.17, 15) is 5.11 Å². The largest absolute Gasteiger partial charge is 0.417 e. The maximum absolute atomic E-state index is 10.8. The molecule has 1 aliphatic carbocycles. The van der Waals surface area contributed by atoms with Gasteiger partial charge in [-0.15, -0.1) is 0 Å². The lowest BCUT2D eigenvalue weighted by Crippen LogP contribution is -2.45. The van der Waals surface area contributed by atoms with E-state index < -0.39 is 13.9 Å². The fourth-order valence-electron chi connectivity index (χ4n) is 2.72. The molecular formula is C17H34O2Si. The van der Waals surface area contributed by atoms with E-state index in [1.807, 2.05) is 13.8 Å². The molecule has 2 atom stereocenters. The minimum atomic E-state index is -1.71. The van der Waals surface area contributed by atoms with Crippen molar-refractivity contribution in [2.24, 2.45) is 11.3 Å². The average Bonchev–Trinajstić information content (AvgIpc) is 2.42. The molecule has 0 saturated heterocycles. The summed E-state index contributed by atoms with van der Waals surface area (Å²) in [5.74, 6) is 0.387. The van der Waals surface area contributed by atoms with Crippen molar-refractivity contribution in [3.8, 4) is 0 Å². The molecule has 0 spiro atoms. The molecule has 0 unspecified atom stereocenters. The van der Waals surface area contributed by atoms with Crippen molar-refractivity contribution in [3.05, 3.63) is 11.6 Å². The van der Waals surface area contributed by atoms with E-state index in [0.717, 1.165) is 18.6 Å². The molecule has 1 aliphatic rings. The Labute approximate surface area is 126 Å². The lowest BCUT2D eigenvalue weighted by Gasteiger charge is -2.41. The summed E-state index contributed by atoms with van der Waals surface area (Å²) < 4.78 is 6.40. The molecule has 20 heavy (non-hydrogen) atoms. The van der Waals surface area contributed by atoms with Crippen molar-refractivity contribution in [3.63, 3.8) is 0 Å². The molecule has 0 heterocycles. The van der Waals surface area contributed by atoms with Gasteiger partial charge in [0.1, 0.15) is 0 Å². The van der Waals surface area contributed by atoms with Gasteiger partial charge in [0.25, 0.3) is 0 Å². The molecule has 118 valence electrons. The zero-order chi connectivity index (χ0) is 16.0. The van der Waals surface area contributed by atoms with Crippen LogP contribution < -0.4 is 0 Å². The van der Waals surface area contributed by atoms with Gasteiger partial charge in [0.2, 0.25) is 0 Å². The van der Waals surface area contributed by atoms with Gasteiger partial charge in [-0.05, 0) is 49.9 Å². The minimum Gasteiger partial charge on any atom is -0.417 e. The van der Waals surface area contributed by atoms with Gasteiger partial charge < -0.3 is 9.53 Å². The second-order valence-electron chi connectivity index (χ2n) is 8.58. The summed E-state index contributed by atoms with van der Waals surface area (Å²) in [6.45, 7) is 20.5. The van der Waals surface area contributed by atoms with Gasteiger partial charge in [-0.2, -0.15) is 0 Å². The first kappa shape index (κ1) is 17.9. The zero-order valence-electron chi connectivity index (χ0n) is 14.9. The topological polar surface area (TPSA) is 29.5 Å². The fraction of sp³-hybridized carbons (Fsp3) is 0.882. The molecular weight excluding hydrogens is 264 g/mol. The van der Waals surface area contributed by atoms with Crippen LogP contribution in [0.25, 0.3) is 0 Å². The second-order valence-corrected chi connectivity index (χ2v) is 13.4. The number of rotatable bonds is 3. The summed E-state index contributed by atoms with van der Waals surface area (Å²) in [7, 11) is -1.71. The Morgan fingerprint density at radius 1 is 1.30 bits per heavy atom. The van der Waals surface area contributed by atoms with Crippen LogP contribution in [-0.2, 0) is 4.43 Å². The van der Waals surface area contributed by atoms with Crippen LogP contribution >= 0.6 is 0 Å². The van der Waals surface area contributed by atoms with Gasteiger partial charge in [-0.1, -0.05) is 40.7 Å². The molecule has 1 rings (SSSR count). The maximum Gasteiger partial charge on any atom is 0.191 e. The van der Waals surface area contributed by atoms with Crippen LogP contribution in [0.4, 0.5) is 0 Å². The van der Waals surface area contributed by atoms with Crippen LogP contribution in [0.1, 0.15) is 54.9 Å². The van der Waals surface area contributed by atoms with Crippen LogP contribution in [0, 0.1) is 11.3 Å². The summed E-state index contributed by atoms with van der Waals surface area (Å²) in [6.07, 6.45) is 3.03. The van der Waals surface area contributed by atoms with Gasteiger partial charge in [0.15, 0.2) is 8.32 Å². The van der Waals surface area contributed by atoms with Crippen LogP contribution in [0.5, 0.6) is 0 Å². The van der Waals surface area contributed by atoms with Crippen LogP contribution in [0.3, 0.4) is 0 Å². The van der Waals surface area contributed by atoms with Crippen molar-refractivity contribution >= 4 is 8.32 Å². The molecule has 0 bridgehead atoms. The molecule has 0 aliphatic heterocycles. The van der Waals surface area contributed by atoms with Crippen molar-refractivity contribution in [2.45, 2.75) is 78.6 Å². The first-order valence-corrected chi connectivity index (χ1v) is 10.7. The highest BCUT2D eigenvalue weighted by atomic mass is 28.4. The number of allylic oxidation sites excluding steroid dienone is 1. The first-order chi connectivity index (χ1) is 8.77. The predicted octanol–water partition coefficient (Wildman–Crippen LogP) is 4.75. The van der Waals surface area contributed by atoms with E-state index >= 15 is 0 Å². The third-order valence-corrected chi connectivity index (χ3v) is 10.7. The molecule has 0 aromatic heterocycles. The number of hydrogen-bond acceptors (Lipinski definition) is 2. The van der Waals surface area contributed by atoms with Gasteiger partial charge in [-0.3, -0.25) is 0 Å². The minimum absolute atomic E-state index is 0.142. The zero-order valence-corrected chi connectivity index (χ0v) is 15.9. The Morgan fingerprint density at radius 3 is 2.15 bits per heavy atom. The van der Waals surface area contributed by atoms with E-state index in [4.69, 9.17) is 4.43 Å². The summed E-state index contributed by atoms with van der Waals surface area (Å²) >= 11 is 0. The van der Waals surface area contributed by atoms with E-state index in [1.54, 1.807) is 0 Å². The lowest BCUT2D eigenvalue weighted by molar-refractivity contribution is -0.0296. The monoisotopic (exact) mass is 298 g/mol. The Balaban J connectivity index is 2.86. The Hall–Kier alpha value is -0.123. The Kier molecular flexibility index (Phi) is 4.71. The number of aliphatic hydroxyl groups is 1. The SMILES string of the molecule is C/C=C1/C[C@H](CO[Si](C)(C)C(C)(C)C)C(C)(C)[C@@]1(C)O. The molecule has 3 heteroatoms. The molecule has 0 amide bonds. The standard InChI is InChI=1S/C17H34O2Si/c1-10-13-11-14(16(5,6)17(13,7)18)12-19-20(8,9)15(2,3)4/h10,14,18H,11-12H2,1-9H3/b13-10-/t14-,17+/m1/s1. The first-order valence-electron chi connectivity index (χ1n) is 7.79. The fourth-order valence-corrected chi connectivity index (χ4v) is 3.77. The third kappa shape index (κ3) is 2.90. The van der Waals surface area contributed by atoms with E-state index in [1.165, 1.54) is 0 Å². The average molecular weight is 299 g/mol. The molecule has 1 fully saturated rings. The second kappa shape index (κ2) is 5.26. The summed E-state index contributed by atoms with van der Waals surface area (Å²) in [4.78, 5) is 0. The summed E-state index contributed by atoms with van der Waals surface area (Å²) in [5, 5.41) is 11.1. The molecule has 1 N–H and O–H groups in total. The molecule has 0 aromatic rings. The Morgan fingerprint density at radius 2 is 1.80 bits per heavy atom. The van der Waals surface area contributed by atoms with Crippen molar-refractivity contribution < 1.29 is 9.53 Å². The van der Waals surface area contributed by atoms with Gasteiger partial charge in [0, 0.05) is 12.0 Å². The van der Waals surface area contributed by atoms with Gasteiger partial charge >= 0.3 is 0 Å².